The van der Waals surface area contributed by atoms with Gasteiger partial charge in [0.05, 0.1) is 18.2 Å². The summed E-state index contributed by atoms with van der Waals surface area (Å²) in [7, 11) is 5.64. The molecule has 1 amide bonds. The molecular formula is C29H36BNO6. The minimum Gasteiger partial charge on any atom is -0.449 e. The van der Waals surface area contributed by atoms with E-state index >= 15 is 0 Å². The highest BCUT2D eigenvalue weighted by atomic mass is 16.5. The van der Waals surface area contributed by atoms with Crippen molar-refractivity contribution in [1.82, 2.24) is 5.32 Å². The highest BCUT2D eigenvalue weighted by Crippen LogP contribution is 2.44. The van der Waals surface area contributed by atoms with Crippen molar-refractivity contribution >= 4 is 19.7 Å². The number of carbonyl (C=O) groups excluding carboxylic acids is 2. The number of hydrogen-bond donors (Lipinski definition) is 3. The standard InChI is InChI=1S/C29H36BNO6/c1-29(2,3)15-14-22(23(32)12-13-24-25(33)26(34)27(30)37-24)31-28(35)36-16-21-19-10-6-4-8-17(19)18-9-5-7-11-20(18)21/h4-11,21-22,24-27,33-34H,12-16H2,1-3H3,(H,31,35)/t22-,24+,25?,26-,27+/m0/s1. The number of ketones is 1. The Balaban J connectivity index is 1.38. The van der Waals surface area contributed by atoms with Crippen LogP contribution in [0.1, 0.15) is 63.5 Å². The van der Waals surface area contributed by atoms with Crippen LogP contribution in [0, 0.1) is 5.41 Å². The van der Waals surface area contributed by atoms with Crippen molar-refractivity contribution in [2.45, 2.75) is 82.7 Å². The first kappa shape index (κ1) is 27.4. The fourth-order valence-electron chi connectivity index (χ4n) is 5.15. The molecule has 1 saturated heterocycles. The van der Waals surface area contributed by atoms with Gasteiger partial charge in [0.1, 0.15) is 20.6 Å². The minimum atomic E-state index is -1.18. The van der Waals surface area contributed by atoms with E-state index in [2.05, 4.69) is 50.4 Å². The average Bonchev–Trinajstić information content (AvgIpc) is 3.32. The van der Waals surface area contributed by atoms with Crippen molar-refractivity contribution in [3.8, 4) is 11.1 Å². The molecule has 2 aromatic rings. The molecule has 0 aromatic heterocycles. The zero-order chi connectivity index (χ0) is 26.7. The quantitative estimate of drug-likeness (QED) is 0.449. The second-order valence-electron chi connectivity index (χ2n) is 11.2. The van der Waals surface area contributed by atoms with E-state index in [-0.39, 0.29) is 36.6 Å². The van der Waals surface area contributed by atoms with Gasteiger partial charge in [-0.15, -0.1) is 0 Å². The Morgan fingerprint density at radius 3 is 2.16 bits per heavy atom. The minimum absolute atomic E-state index is 0.0248. The number of benzene rings is 2. The summed E-state index contributed by atoms with van der Waals surface area (Å²) in [5.74, 6) is -0.248. The molecule has 0 saturated carbocycles. The van der Waals surface area contributed by atoms with Gasteiger partial charge in [0.25, 0.3) is 0 Å². The van der Waals surface area contributed by atoms with Crippen molar-refractivity contribution in [2.24, 2.45) is 5.41 Å². The second kappa shape index (κ2) is 11.4. The smallest absolute Gasteiger partial charge is 0.407 e. The Morgan fingerprint density at radius 2 is 1.62 bits per heavy atom. The summed E-state index contributed by atoms with van der Waals surface area (Å²) in [5, 5.41) is 22.7. The molecule has 1 aliphatic carbocycles. The lowest BCUT2D eigenvalue weighted by atomic mass is 9.87. The summed E-state index contributed by atoms with van der Waals surface area (Å²) in [4.78, 5) is 26.0. The molecule has 7 nitrogen and oxygen atoms in total. The monoisotopic (exact) mass is 505 g/mol. The molecular weight excluding hydrogens is 469 g/mol. The number of aliphatic hydroxyl groups is 2. The van der Waals surface area contributed by atoms with E-state index < -0.39 is 36.5 Å². The summed E-state index contributed by atoms with van der Waals surface area (Å²) in [6, 6.07) is 14.5. The van der Waals surface area contributed by atoms with Crippen LogP contribution in [0.15, 0.2) is 48.5 Å². The lowest BCUT2D eigenvalue weighted by Gasteiger charge is -2.24. The van der Waals surface area contributed by atoms with Gasteiger partial charge in [0, 0.05) is 18.3 Å². The highest BCUT2D eigenvalue weighted by Gasteiger charge is 2.40. The normalized spacial score (nSPS) is 23.8. The number of hydrogen-bond acceptors (Lipinski definition) is 6. The average molecular weight is 505 g/mol. The first-order chi connectivity index (χ1) is 17.5. The third kappa shape index (κ3) is 6.43. The van der Waals surface area contributed by atoms with E-state index in [1.807, 2.05) is 24.3 Å². The van der Waals surface area contributed by atoms with E-state index in [4.69, 9.17) is 17.3 Å². The summed E-state index contributed by atoms with van der Waals surface area (Å²) < 4.78 is 11.0. The molecule has 1 fully saturated rings. The van der Waals surface area contributed by atoms with E-state index in [9.17, 15) is 19.8 Å². The van der Waals surface area contributed by atoms with Gasteiger partial charge in [-0.3, -0.25) is 4.79 Å². The van der Waals surface area contributed by atoms with Gasteiger partial charge in [-0.05, 0) is 46.9 Å². The van der Waals surface area contributed by atoms with Gasteiger partial charge in [-0.25, -0.2) is 4.79 Å². The van der Waals surface area contributed by atoms with Gasteiger partial charge in [-0.1, -0.05) is 69.3 Å². The number of carbonyl (C=O) groups is 2. The molecule has 1 heterocycles. The van der Waals surface area contributed by atoms with Crippen LogP contribution in [0.4, 0.5) is 4.79 Å². The number of fused-ring (bicyclic) bond motifs is 3. The van der Waals surface area contributed by atoms with Crippen LogP contribution in [-0.4, -0.2) is 66.9 Å². The predicted molar refractivity (Wildman–Crippen MR) is 141 cm³/mol. The summed E-state index contributed by atoms with van der Waals surface area (Å²) in [6.07, 6.45) is -2.25. The Morgan fingerprint density at radius 1 is 1.03 bits per heavy atom. The second-order valence-corrected chi connectivity index (χ2v) is 11.2. The lowest BCUT2D eigenvalue weighted by molar-refractivity contribution is -0.122. The zero-order valence-electron chi connectivity index (χ0n) is 21.7. The number of nitrogens with one attached hydrogen (secondary N) is 1. The van der Waals surface area contributed by atoms with Gasteiger partial charge in [0.2, 0.25) is 0 Å². The molecule has 1 unspecified atom stereocenters. The van der Waals surface area contributed by atoms with Crippen LogP contribution in [-0.2, 0) is 14.3 Å². The SMILES string of the molecule is [B][C@@H]1O[C@H](CCC(=O)[C@H](CCC(C)(C)C)NC(=O)OCC2c3ccccc3-c3ccccc32)C(O)[C@@H]1O. The number of ether oxygens (including phenoxy) is 2. The number of amides is 1. The van der Waals surface area contributed by atoms with Crippen LogP contribution >= 0.6 is 0 Å². The first-order valence-corrected chi connectivity index (χ1v) is 13.0. The number of alkyl carbamates (subject to hydrolysis) is 1. The first-order valence-electron chi connectivity index (χ1n) is 13.0. The van der Waals surface area contributed by atoms with Gasteiger partial charge in [0.15, 0.2) is 5.78 Å². The maximum Gasteiger partial charge on any atom is 0.407 e. The van der Waals surface area contributed by atoms with Crippen molar-refractivity contribution in [3.63, 3.8) is 0 Å². The molecule has 5 atom stereocenters. The summed E-state index contributed by atoms with van der Waals surface area (Å²) in [6.45, 7) is 6.39. The Hall–Kier alpha value is -2.68. The van der Waals surface area contributed by atoms with E-state index in [1.54, 1.807) is 0 Å². The van der Waals surface area contributed by atoms with Gasteiger partial charge < -0.3 is 25.0 Å². The van der Waals surface area contributed by atoms with Crippen LogP contribution in [0.3, 0.4) is 0 Å². The maximum atomic E-state index is 13.1. The molecule has 1 aliphatic heterocycles. The summed E-state index contributed by atoms with van der Waals surface area (Å²) >= 11 is 0. The van der Waals surface area contributed by atoms with Gasteiger partial charge >= 0.3 is 6.09 Å². The van der Waals surface area contributed by atoms with Crippen molar-refractivity contribution in [1.29, 1.82) is 0 Å². The number of Topliss-reactive ketones (excluding diaryl/α,β-unsaturated/α-hetero) is 1. The topological polar surface area (TPSA) is 105 Å². The van der Waals surface area contributed by atoms with Crippen molar-refractivity contribution in [3.05, 3.63) is 59.7 Å². The predicted octanol–water partition coefficient (Wildman–Crippen LogP) is 3.68. The lowest BCUT2D eigenvalue weighted by Crippen LogP contribution is -2.42. The largest absolute Gasteiger partial charge is 0.449 e. The molecule has 2 radical (unpaired) electrons. The number of aliphatic hydroxyl groups excluding tert-OH is 2. The molecule has 2 aliphatic rings. The molecule has 0 bridgehead atoms. The summed E-state index contributed by atoms with van der Waals surface area (Å²) in [5.41, 5.74) is 4.50. The Kier molecular flexibility index (Phi) is 8.41. The van der Waals surface area contributed by atoms with Crippen LogP contribution < -0.4 is 5.32 Å². The Labute approximate surface area is 220 Å². The van der Waals surface area contributed by atoms with E-state index in [1.165, 1.54) is 0 Å². The van der Waals surface area contributed by atoms with Crippen molar-refractivity contribution in [2.75, 3.05) is 6.61 Å². The van der Waals surface area contributed by atoms with Crippen LogP contribution in [0.2, 0.25) is 0 Å². The van der Waals surface area contributed by atoms with Crippen LogP contribution in [0.25, 0.3) is 11.1 Å². The van der Waals surface area contributed by atoms with E-state index in [0.717, 1.165) is 28.7 Å². The molecule has 2 aromatic carbocycles. The highest BCUT2D eigenvalue weighted by molar-refractivity contribution is 6.11. The molecule has 3 N–H and O–H groups in total. The molecule has 4 rings (SSSR count). The third-order valence-electron chi connectivity index (χ3n) is 7.28. The maximum absolute atomic E-state index is 13.1. The zero-order valence-corrected chi connectivity index (χ0v) is 21.7. The Bertz CT molecular complexity index is 1070. The fraction of sp³-hybridized carbons (Fsp3) is 0.517. The van der Waals surface area contributed by atoms with Gasteiger partial charge in [-0.2, -0.15) is 0 Å². The number of rotatable bonds is 9. The molecule has 196 valence electrons. The molecule has 37 heavy (non-hydrogen) atoms. The molecule has 0 spiro atoms. The van der Waals surface area contributed by atoms with Crippen molar-refractivity contribution < 1.29 is 29.3 Å². The third-order valence-corrected chi connectivity index (χ3v) is 7.28. The van der Waals surface area contributed by atoms with Crippen LogP contribution in [0.5, 0.6) is 0 Å². The molecule has 8 heteroatoms. The van der Waals surface area contributed by atoms with E-state index in [0.29, 0.717) is 6.42 Å². The fourth-order valence-corrected chi connectivity index (χ4v) is 5.15.